The fourth-order valence-electron chi connectivity index (χ4n) is 4.14. The van der Waals surface area contributed by atoms with Crippen LogP contribution in [0, 0.1) is 5.92 Å². The molecule has 0 radical (unpaired) electrons. The average molecular weight is 402 g/mol. The molecule has 2 aliphatic rings. The van der Waals surface area contributed by atoms with Crippen LogP contribution in [0.3, 0.4) is 0 Å². The lowest BCUT2D eigenvalue weighted by atomic mass is 9.95. The summed E-state index contributed by atoms with van der Waals surface area (Å²) >= 11 is 0. The Morgan fingerprint density at radius 3 is 2.38 bits per heavy atom. The lowest BCUT2D eigenvalue weighted by Crippen LogP contribution is -2.48. The highest BCUT2D eigenvalue weighted by Gasteiger charge is 2.30. The van der Waals surface area contributed by atoms with Gasteiger partial charge in [-0.1, -0.05) is 43.7 Å². The summed E-state index contributed by atoms with van der Waals surface area (Å²) in [6, 6.07) is 9.99. The van der Waals surface area contributed by atoms with E-state index >= 15 is 0 Å². The molecule has 0 unspecified atom stereocenters. The number of hydrogen-bond acceptors (Lipinski definition) is 4. The molecule has 0 aromatic heterocycles. The van der Waals surface area contributed by atoms with E-state index in [1.54, 1.807) is 4.90 Å². The smallest absolute Gasteiger partial charge is 0.410 e. The van der Waals surface area contributed by atoms with Crippen LogP contribution in [0.4, 0.5) is 4.79 Å². The fraction of sp³-hybridized carbons (Fsp3) is 0.652. The van der Waals surface area contributed by atoms with Gasteiger partial charge in [-0.15, -0.1) is 0 Å². The second-order valence-electron chi connectivity index (χ2n) is 8.28. The van der Waals surface area contributed by atoms with Crippen LogP contribution in [0.5, 0.6) is 0 Å². The van der Waals surface area contributed by atoms with Gasteiger partial charge in [-0.25, -0.2) is 4.79 Å². The minimum Gasteiger partial charge on any atom is -0.445 e. The van der Waals surface area contributed by atoms with Crippen molar-refractivity contribution in [2.45, 2.75) is 58.1 Å². The normalized spacial score (nSPS) is 19.1. The van der Waals surface area contributed by atoms with Gasteiger partial charge in [0.25, 0.3) is 0 Å². The summed E-state index contributed by atoms with van der Waals surface area (Å²) in [6.07, 6.45) is 5.70. The zero-order valence-electron chi connectivity index (χ0n) is 17.6. The number of nitrogens with zero attached hydrogens (tertiary/aromatic N) is 2. The first kappa shape index (κ1) is 21.6. The number of amides is 2. The minimum atomic E-state index is -0.285. The topological polar surface area (TPSA) is 61.9 Å². The quantitative estimate of drug-likeness (QED) is 0.761. The summed E-state index contributed by atoms with van der Waals surface area (Å²) in [5, 5.41) is 3.26. The van der Waals surface area contributed by atoms with E-state index in [0.717, 1.165) is 31.5 Å². The van der Waals surface area contributed by atoms with Gasteiger partial charge >= 0.3 is 6.09 Å². The molecule has 6 heteroatoms. The van der Waals surface area contributed by atoms with Gasteiger partial charge < -0.3 is 19.9 Å². The summed E-state index contributed by atoms with van der Waals surface area (Å²) in [4.78, 5) is 29.1. The molecule has 0 atom stereocenters. The van der Waals surface area contributed by atoms with Crippen molar-refractivity contribution in [3.63, 3.8) is 0 Å². The van der Waals surface area contributed by atoms with Crippen LogP contribution in [0.2, 0.25) is 0 Å². The van der Waals surface area contributed by atoms with E-state index < -0.39 is 0 Å². The number of carbonyl (C=O) groups excluding carboxylic acids is 2. The van der Waals surface area contributed by atoms with Gasteiger partial charge in [0.1, 0.15) is 6.61 Å². The maximum Gasteiger partial charge on any atom is 0.410 e. The molecule has 0 saturated carbocycles. The highest BCUT2D eigenvalue weighted by Crippen LogP contribution is 2.20. The molecule has 2 saturated heterocycles. The van der Waals surface area contributed by atoms with E-state index in [4.69, 9.17) is 4.74 Å². The molecular formula is C23H35N3O3. The predicted octanol–water partition coefficient (Wildman–Crippen LogP) is 3.42. The molecule has 0 spiro atoms. The molecule has 0 bridgehead atoms. The van der Waals surface area contributed by atoms with Crippen LogP contribution in [0.15, 0.2) is 30.3 Å². The molecule has 2 amide bonds. The number of rotatable bonds is 7. The number of piperidine rings is 2. The van der Waals surface area contributed by atoms with Crippen LogP contribution in [0.1, 0.15) is 51.0 Å². The Balaban J connectivity index is 1.33. The van der Waals surface area contributed by atoms with Gasteiger partial charge in [0, 0.05) is 38.1 Å². The molecule has 2 heterocycles. The number of ether oxygens (including phenoxy) is 1. The second kappa shape index (κ2) is 11.2. The minimum absolute atomic E-state index is 0.00583. The van der Waals surface area contributed by atoms with Gasteiger partial charge in [0.05, 0.1) is 0 Å². The third-order valence-corrected chi connectivity index (χ3v) is 6.09. The fourth-order valence-corrected chi connectivity index (χ4v) is 4.14. The Kier molecular flexibility index (Phi) is 8.35. The molecule has 1 aromatic carbocycles. The number of unbranched alkanes of at least 4 members (excludes halogenated alkanes) is 1. The average Bonchev–Trinajstić information content (AvgIpc) is 2.78. The number of benzene rings is 1. The number of hydrogen-bond donors (Lipinski definition) is 1. The van der Waals surface area contributed by atoms with Gasteiger partial charge in [-0.2, -0.15) is 0 Å². The van der Waals surface area contributed by atoms with Gasteiger partial charge in [-0.3, -0.25) is 4.79 Å². The Bertz CT molecular complexity index is 636. The van der Waals surface area contributed by atoms with E-state index in [2.05, 4.69) is 17.1 Å². The first-order chi connectivity index (χ1) is 14.2. The molecule has 1 N–H and O–H groups in total. The van der Waals surface area contributed by atoms with Crippen LogP contribution >= 0.6 is 0 Å². The van der Waals surface area contributed by atoms with Crippen molar-refractivity contribution in [2.75, 3.05) is 32.7 Å². The molecule has 160 valence electrons. The Labute approximate surface area is 174 Å². The summed E-state index contributed by atoms with van der Waals surface area (Å²) in [5.41, 5.74) is 0.982. The molecule has 2 aliphatic heterocycles. The summed E-state index contributed by atoms with van der Waals surface area (Å²) < 4.78 is 5.40. The highest BCUT2D eigenvalue weighted by molar-refractivity contribution is 5.79. The Hall–Kier alpha value is -2.08. The van der Waals surface area contributed by atoms with Crippen molar-refractivity contribution in [3.05, 3.63) is 35.9 Å². The Morgan fingerprint density at radius 2 is 1.72 bits per heavy atom. The maximum absolute atomic E-state index is 12.6. The third kappa shape index (κ3) is 6.74. The SMILES string of the molecule is CCCCN1CCC(NC(=O)C2CCN(C(=O)OCc3ccccc3)CC2)CC1. The lowest BCUT2D eigenvalue weighted by molar-refractivity contribution is -0.127. The zero-order chi connectivity index (χ0) is 20.5. The van der Waals surface area contributed by atoms with Crippen LogP contribution < -0.4 is 5.32 Å². The standard InChI is InChI=1S/C23H35N3O3/c1-2-3-13-25-14-11-21(12-15-25)24-22(27)20-9-16-26(17-10-20)23(28)29-18-19-7-5-4-6-8-19/h4-8,20-21H,2-3,9-18H2,1H3,(H,24,27). The molecule has 6 nitrogen and oxygen atoms in total. The lowest BCUT2D eigenvalue weighted by Gasteiger charge is -2.34. The van der Waals surface area contributed by atoms with Gasteiger partial charge in [0.2, 0.25) is 5.91 Å². The largest absolute Gasteiger partial charge is 0.445 e. The van der Waals surface area contributed by atoms with Gasteiger partial charge in [-0.05, 0) is 44.2 Å². The van der Waals surface area contributed by atoms with Crippen LogP contribution in [-0.2, 0) is 16.1 Å². The van der Waals surface area contributed by atoms with E-state index in [0.29, 0.717) is 32.0 Å². The van der Waals surface area contributed by atoms with E-state index in [1.165, 1.54) is 19.4 Å². The predicted molar refractivity (Wildman–Crippen MR) is 113 cm³/mol. The summed E-state index contributed by atoms with van der Waals surface area (Å²) in [7, 11) is 0. The summed E-state index contributed by atoms with van der Waals surface area (Å²) in [6.45, 7) is 7.02. The van der Waals surface area contributed by atoms with Crippen molar-refractivity contribution in [2.24, 2.45) is 5.92 Å². The van der Waals surface area contributed by atoms with E-state index in [9.17, 15) is 9.59 Å². The molecular weight excluding hydrogens is 366 g/mol. The zero-order valence-corrected chi connectivity index (χ0v) is 17.6. The monoisotopic (exact) mass is 401 g/mol. The number of likely N-dealkylation sites (tertiary alicyclic amines) is 2. The second-order valence-corrected chi connectivity index (χ2v) is 8.28. The molecule has 3 rings (SSSR count). The van der Waals surface area contributed by atoms with Crippen LogP contribution in [-0.4, -0.2) is 60.6 Å². The summed E-state index contributed by atoms with van der Waals surface area (Å²) in [5.74, 6) is 0.167. The molecule has 0 aliphatic carbocycles. The van der Waals surface area contributed by atoms with Crippen molar-refractivity contribution in [1.29, 1.82) is 0 Å². The van der Waals surface area contributed by atoms with Crippen molar-refractivity contribution < 1.29 is 14.3 Å². The molecule has 2 fully saturated rings. The van der Waals surface area contributed by atoms with Gasteiger partial charge in [0.15, 0.2) is 0 Å². The van der Waals surface area contributed by atoms with Crippen molar-refractivity contribution >= 4 is 12.0 Å². The first-order valence-corrected chi connectivity index (χ1v) is 11.1. The Morgan fingerprint density at radius 1 is 1.03 bits per heavy atom. The number of carbonyl (C=O) groups is 2. The van der Waals surface area contributed by atoms with Crippen molar-refractivity contribution in [3.8, 4) is 0 Å². The highest BCUT2D eigenvalue weighted by atomic mass is 16.6. The van der Waals surface area contributed by atoms with E-state index in [1.807, 2.05) is 30.3 Å². The van der Waals surface area contributed by atoms with Crippen molar-refractivity contribution in [1.82, 2.24) is 15.1 Å². The van der Waals surface area contributed by atoms with Crippen LogP contribution in [0.25, 0.3) is 0 Å². The first-order valence-electron chi connectivity index (χ1n) is 11.1. The molecule has 29 heavy (non-hydrogen) atoms. The third-order valence-electron chi connectivity index (χ3n) is 6.09. The van der Waals surface area contributed by atoms with E-state index in [-0.39, 0.29) is 24.5 Å². The number of nitrogens with one attached hydrogen (secondary N) is 1. The maximum atomic E-state index is 12.6. The molecule has 1 aromatic rings.